The summed E-state index contributed by atoms with van der Waals surface area (Å²) >= 11 is 6.06. The molecule has 0 saturated heterocycles. The summed E-state index contributed by atoms with van der Waals surface area (Å²) < 4.78 is 1.62. The number of carbonyl (C=O) groups excluding carboxylic acids is 1. The molecule has 2 aromatic rings. The molecule has 2 aromatic heterocycles. The number of rotatable bonds is 5. The van der Waals surface area contributed by atoms with Crippen LogP contribution in [0.5, 0.6) is 0 Å². The van der Waals surface area contributed by atoms with Gasteiger partial charge in [0.25, 0.3) is 0 Å². The highest BCUT2D eigenvalue weighted by Crippen LogP contribution is 2.18. The number of hydrogen-bond acceptors (Lipinski definition) is 4. The zero-order valence-corrected chi connectivity index (χ0v) is 11.6. The molecule has 100 valence electrons. The molecule has 2 heterocycles. The lowest BCUT2D eigenvalue weighted by Crippen LogP contribution is -2.22. The number of carbonyl (C=O) groups is 1. The summed E-state index contributed by atoms with van der Waals surface area (Å²) in [5.41, 5.74) is 0.762. The van der Waals surface area contributed by atoms with Crippen molar-refractivity contribution in [3.8, 4) is 0 Å². The van der Waals surface area contributed by atoms with Gasteiger partial charge in [-0.25, -0.2) is 0 Å². The minimum absolute atomic E-state index is 0.207. The highest BCUT2D eigenvalue weighted by Gasteiger charge is 2.19. The number of likely N-dealkylation sites (N-methyl/N-ethyl adjacent to an activating group) is 1. The van der Waals surface area contributed by atoms with Crippen LogP contribution in [0.25, 0.3) is 0 Å². The van der Waals surface area contributed by atoms with E-state index in [2.05, 4.69) is 10.1 Å². The Morgan fingerprint density at radius 1 is 1.42 bits per heavy atom. The van der Waals surface area contributed by atoms with Crippen molar-refractivity contribution in [3.63, 3.8) is 0 Å². The van der Waals surface area contributed by atoms with Gasteiger partial charge in [-0.15, -0.1) is 0 Å². The molecule has 0 fully saturated rings. The lowest BCUT2D eigenvalue weighted by atomic mass is 10.2. The van der Waals surface area contributed by atoms with Gasteiger partial charge in [0.15, 0.2) is 0 Å². The summed E-state index contributed by atoms with van der Waals surface area (Å²) in [5, 5.41) is 4.50. The van der Waals surface area contributed by atoms with E-state index < -0.39 is 0 Å². The molecule has 0 aliphatic heterocycles. The molecule has 0 bridgehead atoms. The fourth-order valence-corrected chi connectivity index (χ4v) is 1.90. The third kappa shape index (κ3) is 3.19. The summed E-state index contributed by atoms with van der Waals surface area (Å²) in [4.78, 5) is 18.4. The molecular weight excluding hydrogens is 264 g/mol. The number of pyridine rings is 1. The molecule has 0 saturated carbocycles. The van der Waals surface area contributed by atoms with Crippen molar-refractivity contribution in [3.05, 3.63) is 47.0 Å². The molecule has 0 N–H and O–H groups in total. The first-order valence-electron chi connectivity index (χ1n) is 5.91. The van der Waals surface area contributed by atoms with Gasteiger partial charge in [0.2, 0.25) is 5.78 Å². The third-order valence-corrected chi connectivity index (χ3v) is 2.94. The first-order chi connectivity index (χ1) is 9.09. The first kappa shape index (κ1) is 13.7. The Labute approximate surface area is 116 Å². The summed E-state index contributed by atoms with van der Waals surface area (Å²) in [6, 6.07) is 5.21. The number of halogens is 1. The standard InChI is InChI=1S/C13H15ClN4O/c1-17(2)7-8-18-12(10(14)9-16-18)13(19)11-5-3-4-6-15-11/h3-6,9H,7-8H2,1-2H3. The monoisotopic (exact) mass is 278 g/mol. The minimum Gasteiger partial charge on any atom is -0.308 e. The molecule has 6 heteroatoms. The van der Waals surface area contributed by atoms with Crippen LogP contribution in [0.4, 0.5) is 0 Å². The van der Waals surface area contributed by atoms with Crippen molar-refractivity contribution in [2.45, 2.75) is 6.54 Å². The first-order valence-corrected chi connectivity index (χ1v) is 6.29. The Morgan fingerprint density at radius 2 is 2.21 bits per heavy atom. The second-order valence-corrected chi connectivity index (χ2v) is 4.82. The van der Waals surface area contributed by atoms with E-state index in [0.29, 0.717) is 23.0 Å². The zero-order chi connectivity index (χ0) is 13.8. The molecule has 5 nitrogen and oxygen atoms in total. The number of aromatic nitrogens is 3. The van der Waals surface area contributed by atoms with Crippen molar-refractivity contribution >= 4 is 17.4 Å². The second kappa shape index (κ2) is 5.95. The van der Waals surface area contributed by atoms with Crippen molar-refractivity contribution < 1.29 is 4.79 Å². The maximum absolute atomic E-state index is 12.4. The predicted molar refractivity (Wildman–Crippen MR) is 73.5 cm³/mol. The fraction of sp³-hybridized carbons (Fsp3) is 0.308. The van der Waals surface area contributed by atoms with E-state index >= 15 is 0 Å². The van der Waals surface area contributed by atoms with Crippen LogP contribution in [0.15, 0.2) is 30.6 Å². The maximum atomic E-state index is 12.4. The zero-order valence-electron chi connectivity index (χ0n) is 10.9. The van der Waals surface area contributed by atoms with E-state index in [1.807, 2.05) is 19.0 Å². The molecule has 0 aliphatic rings. The summed E-state index contributed by atoms with van der Waals surface area (Å²) in [6.45, 7) is 1.38. The van der Waals surface area contributed by atoms with Gasteiger partial charge >= 0.3 is 0 Å². The lowest BCUT2D eigenvalue weighted by Gasteiger charge is -2.11. The molecule has 0 spiro atoms. The molecular formula is C13H15ClN4O. The van der Waals surface area contributed by atoms with Gasteiger partial charge < -0.3 is 4.90 Å². The molecule has 0 radical (unpaired) electrons. The topological polar surface area (TPSA) is 51.0 Å². The van der Waals surface area contributed by atoms with E-state index in [9.17, 15) is 4.79 Å². The van der Waals surface area contributed by atoms with Crippen molar-refractivity contribution in [2.24, 2.45) is 0 Å². The van der Waals surface area contributed by atoms with Gasteiger partial charge in [0, 0.05) is 12.7 Å². The normalized spacial score (nSPS) is 10.9. The van der Waals surface area contributed by atoms with Gasteiger partial charge in [-0.3, -0.25) is 14.5 Å². The smallest absolute Gasteiger partial charge is 0.230 e. The largest absolute Gasteiger partial charge is 0.308 e. The van der Waals surface area contributed by atoms with Gasteiger partial charge in [-0.2, -0.15) is 5.10 Å². The molecule has 0 atom stereocenters. The molecule has 19 heavy (non-hydrogen) atoms. The average molecular weight is 279 g/mol. The van der Waals surface area contributed by atoms with Gasteiger partial charge in [0.1, 0.15) is 11.4 Å². The quantitative estimate of drug-likeness (QED) is 0.782. The highest BCUT2D eigenvalue weighted by molar-refractivity contribution is 6.34. The Bertz CT molecular complexity index is 565. The van der Waals surface area contributed by atoms with Gasteiger partial charge in [0.05, 0.1) is 17.8 Å². The van der Waals surface area contributed by atoms with Crippen molar-refractivity contribution in [2.75, 3.05) is 20.6 Å². The van der Waals surface area contributed by atoms with E-state index in [4.69, 9.17) is 11.6 Å². The molecule has 2 rings (SSSR count). The van der Waals surface area contributed by atoms with Crippen LogP contribution in [0.3, 0.4) is 0 Å². The lowest BCUT2D eigenvalue weighted by molar-refractivity contribution is 0.102. The Balaban J connectivity index is 2.29. The highest BCUT2D eigenvalue weighted by atomic mass is 35.5. The van der Waals surface area contributed by atoms with Gasteiger partial charge in [-0.05, 0) is 26.2 Å². The number of ketones is 1. The summed E-state index contributed by atoms with van der Waals surface area (Å²) in [5.74, 6) is -0.207. The van der Waals surface area contributed by atoms with Crippen LogP contribution in [0, 0.1) is 0 Å². The number of nitrogens with zero attached hydrogens (tertiary/aromatic N) is 4. The average Bonchev–Trinajstić information content (AvgIpc) is 2.78. The molecule has 0 unspecified atom stereocenters. The molecule has 0 aromatic carbocycles. The third-order valence-electron chi connectivity index (χ3n) is 2.67. The van der Waals surface area contributed by atoms with Crippen LogP contribution in [0.2, 0.25) is 5.02 Å². The Morgan fingerprint density at radius 3 is 2.84 bits per heavy atom. The Kier molecular flexibility index (Phi) is 4.29. The number of hydrogen-bond donors (Lipinski definition) is 0. The van der Waals surface area contributed by atoms with Crippen LogP contribution in [-0.2, 0) is 6.54 Å². The van der Waals surface area contributed by atoms with E-state index in [-0.39, 0.29) is 5.78 Å². The van der Waals surface area contributed by atoms with Crippen LogP contribution >= 0.6 is 11.6 Å². The van der Waals surface area contributed by atoms with Gasteiger partial charge in [-0.1, -0.05) is 17.7 Å². The van der Waals surface area contributed by atoms with Crippen LogP contribution < -0.4 is 0 Å². The molecule has 0 amide bonds. The van der Waals surface area contributed by atoms with E-state index in [0.717, 1.165) is 6.54 Å². The SMILES string of the molecule is CN(C)CCn1ncc(Cl)c1C(=O)c1ccccn1. The Hall–Kier alpha value is -1.72. The second-order valence-electron chi connectivity index (χ2n) is 4.41. The maximum Gasteiger partial charge on any atom is 0.230 e. The van der Waals surface area contributed by atoms with Crippen molar-refractivity contribution in [1.29, 1.82) is 0 Å². The molecule has 0 aliphatic carbocycles. The van der Waals surface area contributed by atoms with E-state index in [1.54, 1.807) is 29.1 Å². The summed E-state index contributed by atoms with van der Waals surface area (Å²) in [7, 11) is 3.93. The van der Waals surface area contributed by atoms with Crippen LogP contribution in [0.1, 0.15) is 16.2 Å². The van der Waals surface area contributed by atoms with E-state index in [1.165, 1.54) is 6.20 Å². The summed E-state index contributed by atoms with van der Waals surface area (Å²) in [6.07, 6.45) is 3.08. The fourth-order valence-electron chi connectivity index (χ4n) is 1.67. The van der Waals surface area contributed by atoms with Crippen molar-refractivity contribution in [1.82, 2.24) is 19.7 Å². The van der Waals surface area contributed by atoms with Crippen LogP contribution in [-0.4, -0.2) is 46.1 Å². The minimum atomic E-state index is -0.207. The predicted octanol–water partition coefficient (Wildman–Crippen LogP) is 1.72.